The minimum atomic E-state index is -1.07. The van der Waals surface area contributed by atoms with Crippen molar-refractivity contribution in [2.24, 2.45) is 0 Å². The molecule has 138 heavy (non-hydrogen) atoms. The van der Waals surface area contributed by atoms with Crippen molar-refractivity contribution in [3.05, 3.63) is 213 Å². The number of alkyl halides is 2. The van der Waals surface area contributed by atoms with Crippen molar-refractivity contribution in [3.63, 3.8) is 0 Å². The molecular weight excluding hydrogens is 1820 g/mol. The number of aliphatic hydroxyl groups excluding tert-OH is 3. The number of nitrogens with one attached hydrogen (secondary N) is 6. The molecule has 13 aromatic heterocycles. The fourth-order valence-electron chi connectivity index (χ4n) is 13.8. The number of carboxylic acids is 1. The van der Waals surface area contributed by atoms with Gasteiger partial charge in [0.1, 0.15) is 85.1 Å². The number of esters is 3. The van der Waals surface area contributed by atoms with E-state index >= 15 is 0 Å². The molecule has 0 radical (unpaired) electrons. The number of aromatic hydroxyl groups is 1. The summed E-state index contributed by atoms with van der Waals surface area (Å²) in [4.78, 5) is 157. The Bertz CT molecular complexity index is 6920. The van der Waals surface area contributed by atoms with Crippen LogP contribution in [-0.2, 0) is 83.3 Å². The molecular formula is C91H96ClFLiN21O23. The van der Waals surface area contributed by atoms with Crippen LogP contribution in [0.3, 0.4) is 0 Å². The van der Waals surface area contributed by atoms with E-state index in [4.69, 9.17) is 58.8 Å². The number of pyridine rings is 5. The fraction of sp³-hybridized carbons (Fsp3) is 0.308. The molecule has 0 saturated carbocycles. The second-order valence-corrected chi connectivity index (χ2v) is 31.2. The molecule has 0 aliphatic carbocycles. The predicted octanol–water partition coefficient (Wildman–Crippen LogP) is 5.60. The van der Waals surface area contributed by atoms with E-state index < -0.39 is 42.7 Å². The van der Waals surface area contributed by atoms with Crippen molar-refractivity contribution in [2.75, 3.05) is 111 Å². The average molecular weight is 1910 g/mol. The van der Waals surface area contributed by atoms with Crippen LogP contribution in [0.2, 0.25) is 0 Å². The third kappa shape index (κ3) is 28.2. The Morgan fingerprint density at radius 3 is 1.30 bits per heavy atom. The number of Topliss-reactive ketones (excluding diaryl/α,β-unsaturated/α-hetero) is 4. The predicted molar refractivity (Wildman–Crippen MR) is 491 cm³/mol. The van der Waals surface area contributed by atoms with E-state index in [1.54, 1.807) is 111 Å². The van der Waals surface area contributed by atoms with E-state index in [0.717, 1.165) is 27.3 Å². The number of carboxylic acid groups (broad SMARTS) is 1. The number of fused-ring (bicyclic) bond motifs is 8. The Balaban J connectivity index is 0.000000198. The van der Waals surface area contributed by atoms with Crippen LogP contribution in [0.25, 0.3) is 65.9 Å². The molecule has 2 aromatic carbocycles. The zero-order valence-electron chi connectivity index (χ0n) is 76.9. The number of aromatic nitrogens is 19. The van der Waals surface area contributed by atoms with Gasteiger partial charge in [0, 0.05) is 107 Å². The van der Waals surface area contributed by atoms with Gasteiger partial charge in [-0.25, -0.2) is 62.9 Å². The number of ether oxygens (including phenoxy) is 7. The minimum Gasteiger partial charge on any atom is -0.870 e. The van der Waals surface area contributed by atoms with Crippen molar-refractivity contribution in [2.45, 2.75) is 84.5 Å². The number of halogens is 2. The first-order chi connectivity index (χ1) is 65.9. The van der Waals surface area contributed by atoms with Crippen LogP contribution in [0, 0.1) is 19.3 Å². The van der Waals surface area contributed by atoms with Crippen LogP contribution in [0.15, 0.2) is 135 Å². The van der Waals surface area contributed by atoms with Gasteiger partial charge in [-0.15, -0.1) is 33.3 Å². The van der Waals surface area contributed by atoms with E-state index in [1.165, 1.54) is 60.0 Å². The Labute approximate surface area is 801 Å². The van der Waals surface area contributed by atoms with E-state index in [9.17, 15) is 57.4 Å². The molecule has 718 valence electrons. The third-order valence-electron chi connectivity index (χ3n) is 20.0. The van der Waals surface area contributed by atoms with E-state index in [2.05, 4.69) is 100 Å². The van der Waals surface area contributed by atoms with Crippen LogP contribution < -0.4 is 29.1 Å². The number of carbonyl (C=O) groups is 10. The first-order valence-electron chi connectivity index (χ1n) is 42.3. The number of aromatic carboxylic acids is 1. The molecule has 1 aliphatic rings. The summed E-state index contributed by atoms with van der Waals surface area (Å²) in [6.45, 7) is 10.7. The van der Waals surface area contributed by atoms with E-state index in [0.29, 0.717) is 158 Å². The number of H-pyrrole nitrogens is 5. The number of aryl methyl sites for hydroxylation is 1. The number of hydrogen-bond donors (Lipinski definition) is 11. The molecule has 1 atom stereocenters. The zero-order chi connectivity index (χ0) is 98.6. The van der Waals surface area contributed by atoms with Crippen LogP contribution in [0.1, 0.15) is 145 Å². The number of hydrogen-bond acceptors (Lipinski definition) is 33. The number of aromatic amines is 5. The Kier molecular flexibility index (Phi) is 38.3. The molecule has 0 spiro atoms. The molecule has 44 nitrogen and oxygen atoms in total. The largest absolute Gasteiger partial charge is 1.00 e. The summed E-state index contributed by atoms with van der Waals surface area (Å²) in [6, 6.07) is 24.2. The Morgan fingerprint density at radius 1 is 0.551 bits per heavy atom. The number of anilines is 2. The molecule has 16 rings (SSSR count). The molecule has 15 aromatic rings. The number of amides is 2. The van der Waals surface area contributed by atoms with Crippen molar-refractivity contribution in [1.82, 2.24) is 94.8 Å². The normalized spacial score (nSPS) is 11.9. The topological polar surface area (TPSA) is 617 Å². The number of rotatable bonds is 33. The number of terminal acetylenes is 1. The maximum absolute atomic E-state index is 13.8. The van der Waals surface area contributed by atoms with Gasteiger partial charge in [0.15, 0.2) is 17.3 Å². The molecule has 0 fully saturated rings. The molecule has 1 aliphatic heterocycles. The van der Waals surface area contributed by atoms with Crippen molar-refractivity contribution < 1.29 is 137 Å². The number of phenolic OH excluding ortho intramolecular Hbond substituents is 1. The summed E-state index contributed by atoms with van der Waals surface area (Å²) >= 11 is 6.38. The van der Waals surface area contributed by atoms with Crippen LogP contribution >= 0.6 is 11.6 Å². The minimum absolute atomic E-state index is 0. The molecule has 0 bridgehead atoms. The summed E-state index contributed by atoms with van der Waals surface area (Å²) in [7, 11) is 2.91. The number of ketones is 4. The van der Waals surface area contributed by atoms with Gasteiger partial charge in [-0.2, -0.15) is 0 Å². The summed E-state index contributed by atoms with van der Waals surface area (Å²) in [5.41, 5.74) is 9.89. The fourth-order valence-corrected chi connectivity index (χ4v) is 14.1. The van der Waals surface area contributed by atoms with Gasteiger partial charge < -0.3 is 94.0 Å². The third-order valence-corrected chi connectivity index (χ3v) is 20.4. The summed E-state index contributed by atoms with van der Waals surface area (Å²) in [6.07, 6.45) is 17.2. The zero-order valence-corrected chi connectivity index (χ0v) is 76.6. The maximum Gasteiger partial charge on any atom is 1.00 e. The van der Waals surface area contributed by atoms with E-state index in [1.807, 2.05) is 37.1 Å². The van der Waals surface area contributed by atoms with E-state index in [-0.39, 0.29) is 153 Å². The number of nitrogens with zero attached hydrogens (tertiary/aromatic N) is 15. The van der Waals surface area contributed by atoms with Gasteiger partial charge in [0.25, 0.3) is 5.91 Å². The summed E-state index contributed by atoms with van der Waals surface area (Å²) < 4.78 is 54.6. The Morgan fingerprint density at radius 2 is 0.920 bits per heavy atom. The summed E-state index contributed by atoms with van der Waals surface area (Å²) in [5.74, 6) is -1.27. The Hall–Kier alpha value is -15.2. The number of benzene rings is 2. The maximum atomic E-state index is 13.8. The van der Waals surface area contributed by atoms with Gasteiger partial charge in [-0.3, -0.25) is 33.7 Å². The van der Waals surface area contributed by atoms with Crippen molar-refractivity contribution in [1.29, 1.82) is 0 Å². The SMILES string of the molecule is C#CC(=O)Cc1cnc2[nH]c(C(=O)OC)cc2c1.COC(=O)c1cc2cc(CC(=O)c3cn(CCOCCO)nn3)cnc2[nH]1.COC(=O)c1cc2cc(NC(=O)OC(C)(C)C)cnc2[nH]1.Cc1cccc2c(O)cc3c(c12)[C@H](CCl)CN3C(=O)c1cc2cc(CC(=O)c3cn(CCOCCO)nn3)cnc2[nH]1.O=C(Cc1cnc2[nH]c(C(=O)O)cc2c1)c1cn(CCOCCO)nn1.[2H]CF.[Li+].[OH-]. The first kappa shape index (κ1) is 105. The van der Waals surface area contributed by atoms with Gasteiger partial charge >= 0.3 is 48.8 Å². The molecule has 0 saturated heterocycles. The molecule has 14 heterocycles. The molecule has 2 amide bonds. The average Bonchev–Trinajstić information content (AvgIpc) is 1.59. The smallest absolute Gasteiger partial charge is 0.870 e. The van der Waals surface area contributed by atoms with Gasteiger partial charge in [-0.05, 0) is 133 Å². The standard InChI is InChI=1S/C30H29ClN6O5.C17H19N5O5.C16H17N5O5.C14H17N3O4.C13H10N2O3.CH3F.Li.H2O/c1-17-3-2-4-21-25(39)12-24-28(27(17)21)20(13-31)15-37(24)30(41)22-11-19-9-18(14-32-29(19)33-22)10-26(40)23-16-36(35-34-23)5-7-42-8-6-38;1-26-17(25)13-8-12-6-11(9-18-16(12)19-13)7-15(24)14-10-22(21-20-14)2-4-27-5-3-23;22-2-4-26-3-1-21-9-13(19-20-21)14(23)6-10-5-11-7-12(16(24)25)18-15(11)17-8-10;1-14(2,3)21-13(19)16-9-5-8-6-10(12(18)20-4)17-11(8)15-7-9;1-3-10(16)5-8-4-9-6-11(13(17)18-2)15-12(9)14-7-8;1-2;;/h2-4,9,11-12,14,16,20,38-39H,5-8,10,13,15H2,1H3,(H,32,33);6,8-10,23H,2-5,7H2,1H3,(H,18,19);5,7-9,22H,1-4,6H2,(H,17,18)(H,24,25);5-7H,1-4H3,(H,15,17)(H,16,19);1,4,6-7H,5H2,2H3,(H,14,15);1H3;;1H2/q;;;;;;+1;/p-1/t20-;;;;;;;/m1......./s1/i;;;;;1D;;. The second kappa shape index (κ2) is 50.4. The van der Waals surface area contributed by atoms with Gasteiger partial charge in [0.05, 0.1) is 145 Å². The number of phenols is 1. The number of methoxy groups -OCH3 is 3. The monoisotopic (exact) mass is 1910 g/mol. The molecule has 12 N–H and O–H groups in total. The quantitative estimate of drug-likeness (QED) is 0.00348. The van der Waals surface area contributed by atoms with Crippen molar-refractivity contribution >= 4 is 148 Å². The van der Waals surface area contributed by atoms with Gasteiger partial charge in [0.2, 0.25) is 5.78 Å². The van der Waals surface area contributed by atoms with Crippen LogP contribution in [-0.4, -0.2) is 291 Å². The van der Waals surface area contributed by atoms with Crippen LogP contribution in [0.5, 0.6) is 5.75 Å². The second-order valence-electron chi connectivity index (χ2n) is 30.9. The number of aliphatic hydroxyl groups is 3. The van der Waals surface area contributed by atoms with Gasteiger partial charge in [-0.1, -0.05) is 33.8 Å². The van der Waals surface area contributed by atoms with Crippen LogP contribution in [0.4, 0.5) is 20.6 Å². The molecule has 0 unspecified atom stereocenters. The van der Waals surface area contributed by atoms with Crippen molar-refractivity contribution in [3.8, 4) is 18.1 Å². The molecule has 47 heteroatoms. The number of carbonyl (C=O) groups excluding carboxylic acids is 9. The summed E-state index contributed by atoms with van der Waals surface area (Å²) in [5, 5.41) is 77.0. The first-order valence-corrected chi connectivity index (χ1v) is 42.1.